The van der Waals surface area contributed by atoms with Gasteiger partial charge < -0.3 is 15.5 Å². The molecule has 2 amide bonds. The third kappa shape index (κ3) is 5.48. The molecule has 3 rings (SSSR count). The second-order valence-corrected chi connectivity index (χ2v) is 7.86. The molecular formula is C17H21Cl2N5OS. The largest absolute Gasteiger partial charge is 0.367 e. The van der Waals surface area contributed by atoms with Crippen LogP contribution in [0.15, 0.2) is 29.8 Å². The van der Waals surface area contributed by atoms with Gasteiger partial charge in [0.05, 0.1) is 10.0 Å². The van der Waals surface area contributed by atoms with Crippen molar-refractivity contribution in [1.82, 2.24) is 20.1 Å². The Morgan fingerprint density at radius 2 is 2.04 bits per heavy atom. The molecule has 1 fully saturated rings. The molecule has 0 aromatic carbocycles. The third-order valence-corrected chi connectivity index (χ3v) is 5.48. The lowest BCUT2D eigenvalue weighted by Gasteiger charge is -2.34. The first-order valence-corrected chi connectivity index (χ1v) is 10.1. The van der Waals surface area contributed by atoms with Crippen LogP contribution in [0.25, 0.3) is 0 Å². The van der Waals surface area contributed by atoms with Gasteiger partial charge in [0.1, 0.15) is 5.82 Å². The van der Waals surface area contributed by atoms with E-state index in [4.69, 9.17) is 23.2 Å². The fourth-order valence-corrected chi connectivity index (χ4v) is 3.93. The van der Waals surface area contributed by atoms with E-state index in [2.05, 4.69) is 38.0 Å². The highest BCUT2D eigenvalue weighted by Crippen LogP contribution is 2.22. The molecule has 1 aliphatic heterocycles. The molecule has 0 unspecified atom stereocenters. The molecule has 140 valence electrons. The monoisotopic (exact) mass is 413 g/mol. The van der Waals surface area contributed by atoms with Crippen LogP contribution in [0.2, 0.25) is 10.0 Å². The first-order valence-electron chi connectivity index (χ1n) is 8.44. The lowest BCUT2D eigenvalue weighted by Crippen LogP contribution is -2.51. The van der Waals surface area contributed by atoms with Crippen molar-refractivity contribution in [2.75, 3.05) is 44.6 Å². The van der Waals surface area contributed by atoms with E-state index >= 15 is 0 Å². The Balaban J connectivity index is 1.34. The van der Waals surface area contributed by atoms with Crippen molar-refractivity contribution < 1.29 is 4.79 Å². The van der Waals surface area contributed by atoms with Gasteiger partial charge >= 0.3 is 6.03 Å². The van der Waals surface area contributed by atoms with Crippen LogP contribution >= 0.6 is 34.5 Å². The van der Waals surface area contributed by atoms with Gasteiger partial charge in [0, 0.05) is 56.9 Å². The van der Waals surface area contributed by atoms with Gasteiger partial charge in [0.15, 0.2) is 0 Å². The minimum atomic E-state index is -0.0299. The highest BCUT2D eigenvalue weighted by molar-refractivity contribution is 7.09. The fraction of sp³-hybridized carbons (Fsp3) is 0.412. The number of amides is 2. The molecule has 0 spiro atoms. The summed E-state index contributed by atoms with van der Waals surface area (Å²) in [4.78, 5) is 22.0. The van der Waals surface area contributed by atoms with E-state index < -0.39 is 0 Å². The maximum absolute atomic E-state index is 12.3. The number of halogens is 2. The van der Waals surface area contributed by atoms with Crippen LogP contribution in [0, 0.1) is 0 Å². The Morgan fingerprint density at radius 3 is 2.73 bits per heavy atom. The zero-order valence-corrected chi connectivity index (χ0v) is 16.6. The molecule has 0 bridgehead atoms. The standard InChI is InChI=1S/C17H21Cl2N5OS/c18-13-10-15(19)16(22-11-13)20-3-4-21-17(25)24-7-5-23(6-8-24)12-14-2-1-9-26-14/h1-2,9-11H,3-8,12H2,(H,20,22)(H,21,25). The van der Waals surface area contributed by atoms with E-state index in [-0.39, 0.29) is 6.03 Å². The van der Waals surface area contributed by atoms with Crippen LogP contribution < -0.4 is 10.6 Å². The van der Waals surface area contributed by atoms with Crippen molar-refractivity contribution in [3.63, 3.8) is 0 Å². The predicted molar refractivity (Wildman–Crippen MR) is 107 cm³/mol. The normalized spacial score (nSPS) is 15.1. The maximum Gasteiger partial charge on any atom is 0.317 e. The Hall–Kier alpha value is -1.54. The topological polar surface area (TPSA) is 60.5 Å². The molecule has 2 aromatic heterocycles. The van der Waals surface area contributed by atoms with Crippen LogP contribution in [0.3, 0.4) is 0 Å². The zero-order valence-electron chi connectivity index (χ0n) is 14.3. The summed E-state index contributed by atoms with van der Waals surface area (Å²) >= 11 is 13.6. The average molecular weight is 414 g/mol. The molecule has 26 heavy (non-hydrogen) atoms. The van der Waals surface area contributed by atoms with Gasteiger partial charge in [0.2, 0.25) is 0 Å². The van der Waals surface area contributed by atoms with E-state index in [0.29, 0.717) is 29.0 Å². The van der Waals surface area contributed by atoms with Gasteiger partial charge in [-0.3, -0.25) is 4.90 Å². The van der Waals surface area contributed by atoms with Crippen LogP contribution in [0.5, 0.6) is 0 Å². The predicted octanol–water partition coefficient (Wildman–Crippen LogP) is 3.39. The molecule has 0 aliphatic carbocycles. The number of rotatable bonds is 6. The Labute approximate surface area is 167 Å². The van der Waals surface area contributed by atoms with Crippen LogP contribution in [0.1, 0.15) is 4.88 Å². The number of nitrogens with one attached hydrogen (secondary N) is 2. The van der Waals surface area contributed by atoms with Crippen molar-refractivity contribution in [1.29, 1.82) is 0 Å². The number of thiophene rings is 1. The first kappa shape index (κ1) is 19.2. The number of piperazine rings is 1. The number of hydrogen-bond acceptors (Lipinski definition) is 5. The summed E-state index contributed by atoms with van der Waals surface area (Å²) in [5.41, 5.74) is 0. The first-order chi connectivity index (χ1) is 12.6. The number of carbonyl (C=O) groups is 1. The van der Waals surface area contributed by atoms with Crippen molar-refractivity contribution in [3.8, 4) is 0 Å². The fourth-order valence-electron chi connectivity index (χ4n) is 2.74. The van der Waals surface area contributed by atoms with E-state index in [9.17, 15) is 4.79 Å². The minimum Gasteiger partial charge on any atom is -0.367 e. The third-order valence-electron chi connectivity index (χ3n) is 4.12. The van der Waals surface area contributed by atoms with E-state index in [1.807, 2.05) is 4.90 Å². The van der Waals surface area contributed by atoms with E-state index in [1.165, 1.54) is 11.1 Å². The van der Waals surface area contributed by atoms with Crippen molar-refractivity contribution >= 4 is 46.4 Å². The van der Waals surface area contributed by atoms with Gasteiger partial charge in [-0.25, -0.2) is 9.78 Å². The molecule has 9 heteroatoms. The van der Waals surface area contributed by atoms with Gasteiger partial charge in [-0.05, 0) is 17.5 Å². The molecule has 2 N–H and O–H groups in total. The number of urea groups is 1. The summed E-state index contributed by atoms with van der Waals surface area (Å²) in [6, 6.07) is 5.83. The van der Waals surface area contributed by atoms with Crippen LogP contribution in [-0.2, 0) is 6.54 Å². The minimum absolute atomic E-state index is 0.0299. The van der Waals surface area contributed by atoms with Gasteiger partial charge in [-0.2, -0.15) is 0 Å². The Morgan fingerprint density at radius 1 is 1.23 bits per heavy atom. The molecule has 1 saturated heterocycles. The molecule has 0 radical (unpaired) electrons. The molecule has 0 atom stereocenters. The molecule has 0 saturated carbocycles. The van der Waals surface area contributed by atoms with Crippen LogP contribution in [-0.4, -0.2) is 60.1 Å². The maximum atomic E-state index is 12.3. The average Bonchev–Trinajstić information content (AvgIpc) is 3.13. The van der Waals surface area contributed by atoms with Crippen molar-refractivity contribution in [2.24, 2.45) is 0 Å². The number of hydrogen-bond donors (Lipinski definition) is 2. The smallest absolute Gasteiger partial charge is 0.317 e. The van der Waals surface area contributed by atoms with Gasteiger partial charge in [-0.15, -0.1) is 11.3 Å². The molecular weight excluding hydrogens is 393 g/mol. The molecule has 6 nitrogen and oxygen atoms in total. The van der Waals surface area contributed by atoms with E-state index in [0.717, 1.165) is 32.7 Å². The van der Waals surface area contributed by atoms with Gasteiger partial charge in [0.25, 0.3) is 0 Å². The van der Waals surface area contributed by atoms with Gasteiger partial charge in [-0.1, -0.05) is 29.3 Å². The molecule has 1 aliphatic rings. The summed E-state index contributed by atoms with van der Waals surface area (Å²) in [5.74, 6) is 0.563. The quantitative estimate of drug-likeness (QED) is 0.712. The number of nitrogens with zero attached hydrogens (tertiary/aromatic N) is 3. The lowest BCUT2D eigenvalue weighted by atomic mass is 10.3. The second kappa shape index (κ2) is 9.41. The molecule has 3 heterocycles. The Kier molecular flexibility index (Phi) is 6.96. The number of aromatic nitrogens is 1. The SMILES string of the molecule is O=C(NCCNc1ncc(Cl)cc1Cl)N1CCN(Cc2cccs2)CC1. The lowest BCUT2D eigenvalue weighted by molar-refractivity contribution is 0.136. The molecule has 2 aromatic rings. The van der Waals surface area contributed by atoms with Crippen molar-refractivity contribution in [3.05, 3.63) is 44.7 Å². The summed E-state index contributed by atoms with van der Waals surface area (Å²) in [6.07, 6.45) is 1.53. The summed E-state index contributed by atoms with van der Waals surface area (Å²) < 4.78 is 0. The van der Waals surface area contributed by atoms with Crippen molar-refractivity contribution in [2.45, 2.75) is 6.54 Å². The number of carbonyl (C=O) groups excluding carboxylic acids is 1. The zero-order chi connectivity index (χ0) is 18.4. The van der Waals surface area contributed by atoms with Crippen LogP contribution in [0.4, 0.5) is 10.6 Å². The highest BCUT2D eigenvalue weighted by atomic mass is 35.5. The highest BCUT2D eigenvalue weighted by Gasteiger charge is 2.20. The Bertz CT molecular complexity index is 720. The number of pyridine rings is 1. The van der Waals surface area contributed by atoms with E-state index in [1.54, 1.807) is 17.4 Å². The summed E-state index contributed by atoms with van der Waals surface area (Å²) in [6.45, 7) is 5.28. The number of anilines is 1. The summed E-state index contributed by atoms with van der Waals surface area (Å²) in [5, 5.41) is 9.07. The summed E-state index contributed by atoms with van der Waals surface area (Å²) in [7, 11) is 0. The second-order valence-electron chi connectivity index (χ2n) is 5.99.